The lowest BCUT2D eigenvalue weighted by molar-refractivity contribution is 0.0264. The lowest BCUT2D eigenvalue weighted by Gasteiger charge is -2.28. The third-order valence-electron chi connectivity index (χ3n) is 3.25. The number of nitrogens with one attached hydrogen (secondary N) is 1. The molecule has 0 spiro atoms. The zero-order valence-corrected chi connectivity index (χ0v) is 12.9. The van der Waals surface area contributed by atoms with Gasteiger partial charge >= 0.3 is 0 Å². The first-order valence-electron chi connectivity index (χ1n) is 6.47. The van der Waals surface area contributed by atoms with Crippen LogP contribution in [0.4, 0.5) is 0 Å². The van der Waals surface area contributed by atoms with Crippen LogP contribution in [0.25, 0.3) is 0 Å². The van der Waals surface area contributed by atoms with Crippen molar-refractivity contribution in [1.82, 2.24) is 14.8 Å². The zero-order chi connectivity index (χ0) is 14.5. The van der Waals surface area contributed by atoms with E-state index in [2.05, 4.69) is 25.8 Å². The Morgan fingerprint density at radius 2 is 2.21 bits per heavy atom. The first kappa shape index (κ1) is 15.6. The molecule has 0 unspecified atom stereocenters. The van der Waals surface area contributed by atoms with Crippen molar-refractivity contribution in [2.24, 2.45) is 12.0 Å². The highest BCUT2D eigenvalue weighted by Crippen LogP contribution is 2.06. The number of nitrogens with zero attached hydrogens (tertiary/aromatic N) is 3. The Labute approximate surface area is 116 Å². The average Bonchev–Trinajstić information content (AvgIpc) is 2.76. The van der Waals surface area contributed by atoms with E-state index in [0.29, 0.717) is 6.54 Å². The summed E-state index contributed by atoms with van der Waals surface area (Å²) in [5.41, 5.74) is 1.04. The van der Waals surface area contributed by atoms with Gasteiger partial charge in [-0.3, -0.25) is 4.99 Å². The molecule has 0 saturated carbocycles. The van der Waals surface area contributed by atoms with E-state index in [4.69, 9.17) is 4.74 Å². The van der Waals surface area contributed by atoms with Gasteiger partial charge in [-0.05, 0) is 26.0 Å². The highest BCUT2D eigenvalue weighted by Gasteiger charge is 2.18. The lowest BCUT2D eigenvalue weighted by Crippen LogP contribution is -2.45. The number of aryl methyl sites for hydroxylation is 1. The molecule has 1 aromatic heterocycles. The van der Waals surface area contributed by atoms with Crippen molar-refractivity contribution in [3.63, 3.8) is 0 Å². The van der Waals surface area contributed by atoms with Crippen molar-refractivity contribution < 1.29 is 4.74 Å². The van der Waals surface area contributed by atoms with E-state index in [1.54, 1.807) is 14.2 Å². The average molecular weight is 266 g/mol. The number of hydrogen-bond donors (Lipinski definition) is 1. The fourth-order valence-electron chi connectivity index (χ4n) is 1.73. The van der Waals surface area contributed by atoms with Gasteiger partial charge in [0.25, 0.3) is 0 Å². The lowest BCUT2D eigenvalue weighted by atomic mass is 10.1. The van der Waals surface area contributed by atoms with E-state index < -0.39 is 0 Å². The van der Waals surface area contributed by atoms with E-state index in [1.807, 2.05) is 40.2 Å². The van der Waals surface area contributed by atoms with Crippen LogP contribution >= 0.6 is 0 Å². The topological polar surface area (TPSA) is 41.8 Å². The van der Waals surface area contributed by atoms with Crippen LogP contribution in [0, 0.1) is 0 Å². The third-order valence-corrected chi connectivity index (χ3v) is 3.25. The second kappa shape index (κ2) is 6.61. The summed E-state index contributed by atoms with van der Waals surface area (Å²) < 4.78 is 7.51. The monoisotopic (exact) mass is 266 g/mol. The molecular weight excluding hydrogens is 240 g/mol. The second-order valence-electron chi connectivity index (χ2n) is 5.33. The molecule has 5 heteroatoms. The predicted octanol–water partition coefficient (Wildman–Crippen LogP) is 1.46. The molecule has 0 fully saturated rings. The van der Waals surface area contributed by atoms with Gasteiger partial charge in [0.15, 0.2) is 5.96 Å². The Balaban J connectivity index is 2.58. The molecule has 0 aromatic carbocycles. The molecule has 108 valence electrons. The molecule has 1 heterocycles. The molecular formula is C14H26N4O. The molecule has 0 bridgehead atoms. The van der Waals surface area contributed by atoms with Crippen LogP contribution in [-0.4, -0.2) is 48.8 Å². The molecule has 0 atom stereocenters. The Hall–Kier alpha value is -1.49. The summed E-state index contributed by atoms with van der Waals surface area (Å²) >= 11 is 0. The summed E-state index contributed by atoms with van der Waals surface area (Å²) in [4.78, 5) is 6.40. The fraction of sp³-hybridized carbons (Fsp3) is 0.643. The molecule has 0 radical (unpaired) electrons. The number of guanidine groups is 1. The van der Waals surface area contributed by atoms with Crippen LogP contribution in [0.15, 0.2) is 23.3 Å². The first-order valence-corrected chi connectivity index (χ1v) is 6.47. The minimum absolute atomic E-state index is 0.207. The van der Waals surface area contributed by atoms with Crippen molar-refractivity contribution in [3.05, 3.63) is 24.0 Å². The molecule has 0 aliphatic rings. The van der Waals surface area contributed by atoms with Crippen molar-refractivity contribution in [2.75, 3.05) is 27.7 Å². The molecule has 0 saturated heterocycles. The maximum Gasteiger partial charge on any atom is 0.193 e. The number of rotatable bonds is 5. The SMILES string of the molecule is CN=C(NCC(C)(C)OC)N(C)Cc1cccn1C. The molecule has 0 aliphatic carbocycles. The molecule has 1 rings (SSSR count). The quantitative estimate of drug-likeness (QED) is 0.648. The first-order chi connectivity index (χ1) is 8.89. The molecule has 0 amide bonds. The van der Waals surface area contributed by atoms with Crippen LogP contribution in [-0.2, 0) is 18.3 Å². The van der Waals surface area contributed by atoms with Crippen LogP contribution in [0.5, 0.6) is 0 Å². The molecule has 1 N–H and O–H groups in total. The minimum Gasteiger partial charge on any atom is -0.377 e. The van der Waals surface area contributed by atoms with Gasteiger partial charge in [0, 0.05) is 46.7 Å². The number of hydrogen-bond acceptors (Lipinski definition) is 2. The Bertz CT molecular complexity index is 423. The van der Waals surface area contributed by atoms with Crippen molar-refractivity contribution >= 4 is 5.96 Å². The van der Waals surface area contributed by atoms with Gasteiger partial charge in [-0.1, -0.05) is 0 Å². The molecule has 0 aliphatic heterocycles. The fourth-order valence-corrected chi connectivity index (χ4v) is 1.73. The molecule has 1 aromatic rings. The van der Waals surface area contributed by atoms with Crippen molar-refractivity contribution in [3.8, 4) is 0 Å². The van der Waals surface area contributed by atoms with Gasteiger partial charge in [0.05, 0.1) is 12.1 Å². The maximum absolute atomic E-state index is 5.40. The summed E-state index contributed by atoms with van der Waals surface area (Å²) in [6, 6.07) is 4.16. The normalized spacial score (nSPS) is 12.6. The summed E-state index contributed by atoms with van der Waals surface area (Å²) in [6.45, 7) is 5.62. The summed E-state index contributed by atoms with van der Waals surface area (Å²) in [5, 5.41) is 3.33. The van der Waals surface area contributed by atoms with E-state index in [9.17, 15) is 0 Å². The van der Waals surface area contributed by atoms with Gasteiger partial charge in [0.2, 0.25) is 0 Å². The van der Waals surface area contributed by atoms with E-state index in [1.165, 1.54) is 5.69 Å². The molecule has 19 heavy (non-hydrogen) atoms. The van der Waals surface area contributed by atoms with Gasteiger partial charge in [-0.2, -0.15) is 0 Å². The van der Waals surface area contributed by atoms with Gasteiger partial charge < -0.3 is 19.5 Å². The van der Waals surface area contributed by atoms with Crippen LogP contribution in [0.2, 0.25) is 0 Å². The van der Waals surface area contributed by atoms with Crippen LogP contribution < -0.4 is 5.32 Å². The highest BCUT2D eigenvalue weighted by atomic mass is 16.5. The van der Waals surface area contributed by atoms with Gasteiger partial charge in [0.1, 0.15) is 0 Å². The van der Waals surface area contributed by atoms with E-state index >= 15 is 0 Å². The Kier molecular flexibility index (Phi) is 5.42. The van der Waals surface area contributed by atoms with Crippen LogP contribution in [0.3, 0.4) is 0 Å². The smallest absolute Gasteiger partial charge is 0.193 e. The summed E-state index contributed by atoms with van der Waals surface area (Å²) in [7, 11) is 7.59. The number of aliphatic imine (C=N–C) groups is 1. The van der Waals surface area contributed by atoms with Crippen molar-refractivity contribution in [2.45, 2.75) is 26.0 Å². The Morgan fingerprint density at radius 1 is 1.53 bits per heavy atom. The second-order valence-corrected chi connectivity index (χ2v) is 5.33. The summed E-state index contributed by atoms with van der Waals surface area (Å²) in [5.74, 6) is 0.867. The predicted molar refractivity (Wildman–Crippen MR) is 79.3 cm³/mol. The number of methoxy groups -OCH3 is 1. The minimum atomic E-state index is -0.207. The van der Waals surface area contributed by atoms with E-state index in [-0.39, 0.29) is 5.60 Å². The standard InChI is InChI=1S/C14H26N4O/c1-14(2,19-6)11-16-13(15-3)18(5)10-12-8-7-9-17(12)4/h7-9H,10-11H2,1-6H3,(H,15,16). The zero-order valence-electron chi connectivity index (χ0n) is 12.9. The van der Waals surface area contributed by atoms with E-state index in [0.717, 1.165) is 12.5 Å². The molecule has 5 nitrogen and oxygen atoms in total. The maximum atomic E-state index is 5.40. The highest BCUT2D eigenvalue weighted by molar-refractivity contribution is 5.79. The van der Waals surface area contributed by atoms with Crippen molar-refractivity contribution in [1.29, 1.82) is 0 Å². The number of aromatic nitrogens is 1. The van der Waals surface area contributed by atoms with Crippen LogP contribution in [0.1, 0.15) is 19.5 Å². The van der Waals surface area contributed by atoms with Gasteiger partial charge in [-0.25, -0.2) is 0 Å². The summed E-state index contributed by atoms with van der Waals surface area (Å²) in [6.07, 6.45) is 2.05. The number of ether oxygens (including phenoxy) is 1. The third kappa shape index (κ3) is 4.59. The largest absolute Gasteiger partial charge is 0.377 e. The van der Waals surface area contributed by atoms with Gasteiger partial charge in [-0.15, -0.1) is 0 Å². The Morgan fingerprint density at radius 3 is 2.68 bits per heavy atom.